The summed E-state index contributed by atoms with van der Waals surface area (Å²) in [5, 5.41) is 4.07. The number of halogens is 3. The molecule has 32 heavy (non-hydrogen) atoms. The van der Waals surface area contributed by atoms with Gasteiger partial charge in [-0.05, 0) is 33.9 Å². The average molecular weight is 491 g/mol. The van der Waals surface area contributed by atoms with Gasteiger partial charge < -0.3 is 15.0 Å². The Kier molecular flexibility index (Phi) is 6.91. The van der Waals surface area contributed by atoms with Crippen molar-refractivity contribution in [2.24, 2.45) is 0 Å². The van der Waals surface area contributed by atoms with Crippen molar-refractivity contribution in [1.29, 1.82) is 0 Å². The second kappa shape index (κ2) is 9.67. The lowest BCUT2D eigenvalue weighted by Gasteiger charge is -2.33. The van der Waals surface area contributed by atoms with Gasteiger partial charge in [-0.2, -0.15) is 0 Å². The van der Waals surface area contributed by atoms with E-state index >= 15 is 0 Å². The molecule has 5 rings (SSSR count). The van der Waals surface area contributed by atoms with Gasteiger partial charge in [0.05, 0.1) is 11.1 Å². The van der Waals surface area contributed by atoms with Crippen molar-refractivity contribution in [1.82, 2.24) is 15.2 Å². The minimum absolute atomic E-state index is 0. The number of aromatic nitrogens is 1. The maximum atomic E-state index is 12.9. The molecule has 2 aliphatic rings. The van der Waals surface area contributed by atoms with Crippen LogP contribution in [0.5, 0.6) is 0 Å². The van der Waals surface area contributed by atoms with Crippen LogP contribution in [0, 0.1) is 0 Å². The monoisotopic (exact) mass is 489 g/mol. The van der Waals surface area contributed by atoms with E-state index in [0.29, 0.717) is 31.3 Å². The van der Waals surface area contributed by atoms with Crippen molar-refractivity contribution >= 4 is 41.7 Å². The summed E-state index contributed by atoms with van der Waals surface area (Å²) >= 11 is 12.0. The van der Waals surface area contributed by atoms with Crippen LogP contribution in [0.15, 0.2) is 60.8 Å². The summed E-state index contributed by atoms with van der Waals surface area (Å²) in [6, 6.07) is 18.4. The second-order valence-electron chi connectivity index (χ2n) is 7.80. The molecule has 1 saturated heterocycles. The van der Waals surface area contributed by atoms with Crippen molar-refractivity contribution in [3.8, 4) is 11.1 Å². The zero-order valence-electron chi connectivity index (χ0n) is 17.1. The molecule has 1 aromatic heterocycles. The number of nitrogens with zero attached hydrogens (tertiary/aromatic N) is 2. The van der Waals surface area contributed by atoms with Gasteiger partial charge in [0.1, 0.15) is 11.8 Å². The van der Waals surface area contributed by atoms with E-state index in [2.05, 4.69) is 34.6 Å². The Morgan fingerprint density at radius 2 is 1.75 bits per heavy atom. The van der Waals surface area contributed by atoms with Crippen LogP contribution in [0.2, 0.25) is 10.2 Å². The van der Waals surface area contributed by atoms with Crippen LogP contribution >= 0.6 is 35.6 Å². The van der Waals surface area contributed by atoms with Gasteiger partial charge in [0.2, 0.25) is 0 Å². The molecule has 1 amide bonds. The first-order valence-electron chi connectivity index (χ1n) is 10.3. The fraction of sp³-hybridized carbons (Fsp3) is 0.250. The summed E-state index contributed by atoms with van der Waals surface area (Å²) in [5.41, 5.74) is 5.74. The quantitative estimate of drug-likeness (QED) is 0.478. The number of pyridine rings is 1. The van der Waals surface area contributed by atoms with E-state index in [-0.39, 0.29) is 35.6 Å². The summed E-state index contributed by atoms with van der Waals surface area (Å²) in [7, 11) is 0. The molecule has 2 aromatic carbocycles. The molecular weight excluding hydrogens is 469 g/mol. The Balaban J connectivity index is 0.00000245. The number of carbonyl (C=O) groups is 1. The van der Waals surface area contributed by atoms with Crippen molar-refractivity contribution in [3.63, 3.8) is 0 Å². The lowest BCUT2D eigenvalue weighted by atomic mass is 9.98. The fourth-order valence-corrected chi connectivity index (χ4v) is 4.73. The molecule has 1 atom stereocenters. The molecule has 1 aliphatic carbocycles. The third-order valence-corrected chi connectivity index (χ3v) is 6.68. The molecule has 0 radical (unpaired) electrons. The van der Waals surface area contributed by atoms with E-state index in [9.17, 15) is 4.79 Å². The van der Waals surface area contributed by atoms with Gasteiger partial charge in [0.25, 0.3) is 0 Å². The molecule has 1 fully saturated rings. The maximum absolute atomic E-state index is 12.9. The van der Waals surface area contributed by atoms with Crippen LogP contribution in [-0.4, -0.2) is 42.2 Å². The molecule has 166 valence electrons. The zero-order valence-corrected chi connectivity index (χ0v) is 19.5. The number of hydrogen-bond acceptors (Lipinski definition) is 4. The molecule has 2 heterocycles. The van der Waals surface area contributed by atoms with Crippen molar-refractivity contribution in [3.05, 3.63) is 87.7 Å². The molecule has 5 nitrogen and oxygen atoms in total. The Morgan fingerprint density at radius 1 is 1.09 bits per heavy atom. The second-order valence-corrected chi connectivity index (χ2v) is 8.56. The van der Waals surface area contributed by atoms with Crippen LogP contribution in [0.3, 0.4) is 0 Å². The number of fused-ring (bicyclic) bond motifs is 3. The first-order valence-corrected chi connectivity index (χ1v) is 11.0. The van der Waals surface area contributed by atoms with Gasteiger partial charge in [0, 0.05) is 31.7 Å². The predicted molar refractivity (Wildman–Crippen MR) is 129 cm³/mol. The van der Waals surface area contributed by atoms with Crippen LogP contribution in [0.25, 0.3) is 11.1 Å². The highest BCUT2D eigenvalue weighted by atomic mass is 35.5. The standard InChI is InChI=1S/C24H21Cl2N3O2.ClH/c25-21-11-15(12-28-23(21)26)22-13-29(10-9-27-22)24(30)31-14-20-18-7-3-1-5-16(18)17-6-2-4-8-19(17)20;/h1-8,11-12,20,22,27H,9-10,13-14H2;1H. The van der Waals surface area contributed by atoms with Crippen molar-refractivity contribution in [2.45, 2.75) is 12.0 Å². The summed E-state index contributed by atoms with van der Waals surface area (Å²) in [5.74, 6) is 0.0503. The minimum atomic E-state index is -0.304. The summed E-state index contributed by atoms with van der Waals surface area (Å²) in [6.07, 6.45) is 1.38. The third kappa shape index (κ3) is 4.30. The molecular formula is C24H22Cl3N3O2. The van der Waals surface area contributed by atoms with Gasteiger partial charge in [0.15, 0.2) is 0 Å². The van der Waals surface area contributed by atoms with Crippen LogP contribution in [0.4, 0.5) is 4.79 Å². The summed E-state index contributed by atoms with van der Waals surface area (Å²) in [4.78, 5) is 18.7. The van der Waals surface area contributed by atoms with Crippen LogP contribution in [-0.2, 0) is 4.74 Å². The number of rotatable bonds is 3. The predicted octanol–water partition coefficient (Wildman–Crippen LogP) is 5.71. The van der Waals surface area contributed by atoms with E-state index in [1.165, 1.54) is 22.3 Å². The van der Waals surface area contributed by atoms with Crippen LogP contribution < -0.4 is 5.32 Å². The van der Waals surface area contributed by atoms with E-state index in [4.69, 9.17) is 27.9 Å². The van der Waals surface area contributed by atoms with Gasteiger partial charge >= 0.3 is 6.09 Å². The molecule has 0 saturated carbocycles. The number of benzene rings is 2. The van der Waals surface area contributed by atoms with E-state index in [1.54, 1.807) is 17.2 Å². The number of carbonyl (C=O) groups excluding carboxylic acids is 1. The highest BCUT2D eigenvalue weighted by molar-refractivity contribution is 6.41. The van der Waals surface area contributed by atoms with Gasteiger partial charge in [-0.1, -0.05) is 71.7 Å². The molecule has 3 aromatic rings. The minimum Gasteiger partial charge on any atom is -0.448 e. The Hall–Kier alpha value is -2.31. The number of amides is 1. The first kappa shape index (κ1) is 22.9. The molecule has 1 unspecified atom stereocenters. The van der Waals surface area contributed by atoms with Crippen molar-refractivity contribution < 1.29 is 9.53 Å². The van der Waals surface area contributed by atoms with Crippen molar-refractivity contribution in [2.75, 3.05) is 26.2 Å². The van der Waals surface area contributed by atoms with E-state index in [1.807, 2.05) is 24.3 Å². The van der Waals surface area contributed by atoms with Gasteiger partial charge in [-0.3, -0.25) is 0 Å². The SMILES string of the molecule is Cl.O=C(OCC1c2ccccc2-c2ccccc21)N1CCNC(c2cnc(Cl)c(Cl)c2)C1. The third-order valence-electron chi connectivity index (χ3n) is 5.99. The Bertz CT molecular complexity index is 1100. The maximum Gasteiger partial charge on any atom is 0.409 e. The smallest absolute Gasteiger partial charge is 0.409 e. The highest BCUT2D eigenvalue weighted by Gasteiger charge is 2.31. The molecule has 8 heteroatoms. The Labute approximate surface area is 203 Å². The highest BCUT2D eigenvalue weighted by Crippen LogP contribution is 2.44. The largest absolute Gasteiger partial charge is 0.448 e. The zero-order chi connectivity index (χ0) is 21.4. The fourth-order valence-electron chi connectivity index (χ4n) is 4.45. The van der Waals surface area contributed by atoms with E-state index < -0.39 is 0 Å². The number of nitrogens with one attached hydrogen (secondary N) is 1. The van der Waals surface area contributed by atoms with Crippen LogP contribution in [0.1, 0.15) is 28.7 Å². The molecule has 1 aliphatic heterocycles. The normalized spacial score (nSPS) is 17.3. The molecule has 0 bridgehead atoms. The topological polar surface area (TPSA) is 54.5 Å². The van der Waals surface area contributed by atoms with Gasteiger partial charge in [-0.15, -0.1) is 12.4 Å². The van der Waals surface area contributed by atoms with Gasteiger partial charge in [-0.25, -0.2) is 9.78 Å². The number of piperazine rings is 1. The molecule has 0 spiro atoms. The Morgan fingerprint density at radius 3 is 2.41 bits per heavy atom. The lowest BCUT2D eigenvalue weighted by Crippen LogP contribution is -2.48. The van der Waals surface area contributed by atoms with E-state index in [0.717, 1.165) is 5.56 Å². The first-order chi connectivity index (χ1) is 15.1. The average Bonchev–Trinajstić information content (AvgIpc) is 3.13. The number of hydrogen-bond donors (Lipinski definition) is 1. The summed E-state index contributed by atoms with van der Waals surface area (Å²) in [6.45, 7) is 2.04. The summed E-state index contributed by atoms with van der Waals surface area (Å²) < 4.78 is 5.80. The molecule has 1 N–H and O–H groups in total. The lowest BCUT2D eigenvalue weighted by molar-refractivity contribution is 0.0883. The number of ether oxygens (including phenoxy) is 1.